The highest BCUT2D eigenvalue weighted by molar-refractivity contribution is 7.19. The van der Waals surface area contributed by atoms with Gasteiger partial charge in [0.05, 0.1) is 19.6 Å². The summed E-state index contributed by atoms with van der Waals surface area (Å²) in [6.45, 7) is 2.03. The fourth-order valence-electron chi connectivity index (χ4n) is 2.91. The number of aryl methyl sites for hydroxylation is 1. The maximum Gasteiger partial charge on any atom is 0.259 e. The minimum absolute atomic E-state index is 0.00514. The Labute approximate surface area is 156 Å². The number of fused-ring (bicyclic) bond motifs is 1. The van der Waals surface area contributed by atoms with E-state index in [0.29, 0.717) is 24.6 Å². The summed E-state index contributed by atoms with van der Waals surface area (Å²) in [4.78, 5) is 13.7. The molecule has 0 aliphatic rings. The molecule has 138 valence electrons. The number of thiophene rings is 1. The molecular weight excluding hydrogens is 350 g/mol. The van der Waals surface area contributed by atoms with E-state index in [1.165, 1.54) is 0 Å². The predicted octanol–water partition coefficient (Wildman–Crippen LogP) is 2.33. The summed E-state index contributed by atoms with van der Waals surface area (Å²) in [5.74, 6) is 1.34. The van der Waals surface area contributed by atoms with Crippen LogP contribution in [0.4, 0.5) is 0 Å². The quantitative estimate of drug-likeness (QED) is 0.622. The van der Waals surface area contributed by atoms with Gasteiger partial charge in [0.2, 0.25) is 0 Å². The first-order valence-corrected chi connectivity index (χ1v) is 9.16. The molecule has 0 aliphatic heterocycles. The lowest BCUT2D eigenvalue weighted by Crippen LogP contribution is -2.21. The SMILES string of the molecule is COc1ccc(-c2cn(C)c(=O)c3cc(CNCCN)sc23)cc1OC. The number of hydrogen-bond donors (Lipinski definition) is 2. The van der Waals surface area contributed by atoms with Gasteiger partial charge in [0, 0.05) is 48.0 Å². The third-order valence-corrected chi connectivity index (χ3v) is 5.38. The molecule has 1 aromatic carbocycles. The van der Waals surface area contributed by atoms with Crippen molar-refractivity contribution in [2.45, 2.75) is 6.54 Å². The summed E-state index contributed by atoms with van der Waals surface area (Å²) in [7, 11) is 5.00. The van der Waals surface area contributed by atoms with Gasteiger partial charge in [-0.3, -0.25) is 4.79 Å². The Balaban J connectivity index is 2.13. The number of aromatic nitrogens is 1. The molecule has 26 heavy (non-hydrogen) atoms. The molecular formula is C19H23N3O3S. The van der Waals surface area contributed by atoms with E-state index in [9.17, 15) is 4.79 Å². The van der Waals surface area contributed by atoms with Gasteiger partial charge in [0.15, 0.2) is 11.5 Å². The zero-order valence-corrected chi connectivity index (χ0v) is 16.0. The van der Waals surface area contributed by atoms with Crippen LogP contribution in [0.2, 0.25) is 0 Å². The van der Waals surface area contributed by atoms with Crippen LogP contribution in [-0.4, -0.2) is 31.9 Å². The van der Waals surface area contributed by atoms with E-state index < -0.39 is 0 Å². The first kappa shape index (κ1) is 18.4. The third kappa shape index (κ3) is 3.46. The summed E-state index contributed by atoms with van der Waals surface area (Å²) in [6, 6.07) is 7.76. The maximum absolute atomic E-state index is 12.6. The van der Waals surface area contributed by atoms with Crippen molar-refractivity contribution in [1.82, 2.24) is 9.88 Å². The Morgan fingerprint density at radius 1 is 1.19 bits per heavy atom. The first-order valence-electron chi connectivity index (χ1n) is 8.34. The smallest absolute Gasteiger partial charge is 0.259 e. The fourth-order valence-corrected chi connectivity index (χ4v) is 4.06. The number of pyridine rings is 1. The second kappa shape index (κ2) is 7.90. The lowest BCUT2D eigenvalue weighted by molar-refractivity contribution is 0.355. The standard InChI is InChI=1S/C19H23N3O3S/c1-22-11-15(12-4-5-16(24-2)17(8-12)25-3)18-14(19(22)23)9-13(26-18)10-21-7-6-20/h4-5,8-9,11,21H,6-7,10,20H2,1-3H3. The maximum atomic E-state index is 12.6. The molecule has 0 unspecified atom stereocenters. The molecule has 6 nitrogen and oxygen atoms in total. The lowest BCUT2D eigenvalue weighted by atomic mass is 10.1. The number of ether oxygens (including phenoxy) is 2. The monoisotopic (exact) mass is 373 g/mol. The van der Waals surface area contributed by atoms with Gasteiger partial charge in [-0.15, -0.1) is 11.3 Å². The largest absolute Gasteiger partial charge is 0.493 e. The molecule has 3 N–H and O–H groups in total. The number of hydrogen-bond acceptors (Lipinski definition) is 6. The zero-order chi connectivity index (χ0) is 18.7. The third-order valence-electron chi connectivity index (χ3n) is 4.22. The highest BCUT2D eigenvalue weighted by atomic mass is 32.1. The number of nitrogens with two attached hydrogens (primary N) is 1. The van der Waals surface area contributed by atoms with Crippen molar-refractivity contribution < 1.29 is 9.47 Å². The summed E-state index contributed by atoms with van der Waals surface area (Å²) in [6.07, 6.45) is 1.87. The van der Waals surface area contributed by atoms with Crippen molar-refractivity contribution >= 4 is 21.4 Å². The van der Waals surface area contributed by atoms with E-state index in [1.807, 2.05) is 30.5 Å². The topological polar surface area (TPSA) is 78.5 Å². The summed E-state index contributed by atoms with van der Waals surface area (Å²) >= 11 is 1.63. The predicted molar refractivity (Wildman–Crippen MR) is 106 cm³/mol. The molecule has 0 aliphatic carbocycles. The van der Waals surface area contributed by atoms with Gasteiger partial charge < -0.3 is 25.1 Å². The Kier molecular flexibility index (Phi) is 5.61. The van der Waals surface area contributed by atoms with Crippen molar-refractivity contribution in [1.29, 1.82) is 0 Å². The lowest BCUT2D eigenvalue weighted by Gasteiger charge is -2.11. The first-order chi connectivity index (χ1) is 12.6. The van der Waals surface area contributed by atoms with Gasteiger partial charge in [-0.1, -0.05) is 6.07 Å². The van der Waals surface area contributed by atoms with Crippen LogP contribution in [0.5, 0.6) is 11.5 Å². The molecule has 0 spiro atoms. The highest BCUT2D eigenvalue weighted by Gasteiger charge is 2.15. The molecule has 0 bridgehead atoms. The minimum Gasteiger partial charge on any atom is -0.493 e. The molecule has 3 aromatic rings. The van der Waals surface area contributed by atoms with E-state index in [4.69, 9.17) is 15.2 Å². The number of nitrogens with zero attached hydrogens (tertiary/aromatic N) is 1. The van der Waals surface area contributed by atoms with E-state index >= 15 is 0 Å². The summed E-state index contributed by atoms with van der Waals surface area (Å²) < 4.78 is 13.3. The van der Waals surface area contributed by atoms with Crippen LogP contribution in [0, 0.1) is 0 Å². The molecule has 0 radical (unpaired) electrons. The molecule has 0 atom stereocenters. The Morgan fingerprint density at radius 3 is 2.65 bits per heavy atom. The van der Waals surface area contributed by atoms with E-state index in [2.05, 4.69) is 5.32 Å². The average Bonchev–Trinajstić information content (AvgIpc) is 3.08. The molecule has 0 saturated carbocycles. The van der Waals surface area contributed by atoms with Crippen molar-refractivity contribution in [2.24, 2.45) is 12.8 Å². The summed E-state index contributed by atoms with van der Waals surface area (Å²) in [5, 5.41) is 4.01. The molecule has 2 heterocycles. The molecule has 0 fully saturated rings. The van der Waals surface area contributed by atoms with Crippen molar-refractivity contribution in [3.63, 3.8) is 0 Å². The molecule has 0 saturated heterocycles. The highest BCUT2D eigenvalue weighted by Crippen LogP contribution is 2.37. The molecule has 0 amide bonds. The Hall–Kier alpha value is -2.35. The normalized spacial score (nSPS) is 11.1. The van der Waals surface area contributed by atoms with Crippen LogP contribution in [-0.2, 0) is 13.6 Å². The van der Waals surface area contributed by atoms with Gasteiger partial charge in [0.1, 0.15) is 0 Å². The van der Waals surface area contributed by atoms with Crippen LogP contribution < -0.4 is 26.1 Å². The Bertz CT molecular complexity index is 978. The van der Waals surface area contributed by atoms with Crippen LogP contribution in [0.3, 0.4) is 0 Å². The van der Waals surface area contributed by atoms with Gasteiger partial charge in [-0.25, -0.2) is 0 Å². The van der Waals surface area contributed by atoms with Crippen LogP contribution in [0.1, 0.15) is 4.88 Å². The van der Waals surface area contributed by atoms with Gasteiger partial charge in [-0.2, -0.15) is 0 Å². The van der Waals surface area contributed by atoms with Gasteiger partial charge in [-0.05, 0) is 23.8 Å². The van der Waals surface area contributed by atoms with Crippen molar-refractivity contribution in [3.05, 3.63) is 45.7 Å². The molecule has 7 heteroatoms. The number of rotatable bonds is 7. The Morgan fingerprint density at radius 2 is 1.96 bits per heavy atom. The summed E-state index contributed by atoms with van der Waals surface area (Å²) in [5.41, 5.74) is 7.51. The molecule has 3 rings (SSSR count). The van der Waals surface area contributed by atoms with Gasteiger partial charge in [0.25, 0.3) is 5.56 Å². The number of methoxy groups -OCH3 is 2. The second-order valence-electron chi connectivity index (χ2n) is 5.95. The number of nitrogens with one attached hydrogen (secondary N) is 1. The van der Waals surface area contributed by atoms with E-state index in [-0.39, 0.29) is 5.56 Å². The van der Waals surface area contributed by atoms with Gasteiger partial charge >= 0.3 is 0 Å². The van der Waals surface area contributed by atoms with E-state index in [0.717, 1.165) is 32.6 Å². The number of benzene rings is 1. The van der Waals surface area contributed by atoms with Crippen LogP contribution in [0.15, 0.2) is 35.3 Å². The van der Waals surface area contributed by atoms with E-state index in [1.54, 1.807) is 37.2 Å². The molecule has 2 aromatic heterocycles. The second-order valence-corrected chi connectivity index (χ2v) is 7.09. The van der Waals surface area contributed by atoms with Crippen LogP contribution >= 0.6 is 11.3 Å². The van der Waals surface area contributed by atoms with Crippen molar-refractivity contribution in [3.8, 4) is 22.6 Å². The van der Waals surface area contributed by atoms with Crippen molar-refractivity contribution in [2.75, 3.05) is 27.3 Å². The zero-order valence-electron chi connectivity index (χ0n) is 15.2. The van der Waals surface area contributed by atoms with Crippen LogP contribution in [0.25, 0.3) is 21.2 Å². The minimum atomic E-state index is 0.00514. The average molecular weight is 373 g/mol. The fraction of sp³-hybridized carbons (Fsp3) is 0.316.